The highest BCUT2D eigenvalue weighted by Crippen LogP contribution is 2.21. The van der Waals surface area contributed by atoms with Gasteiger partial charge in [0, 0.05) is 0 Å². The maximum Gasteiger partial charge on any atom is 0.287 e. The van der Waals surface area contributed by atoms with E-state index < -0.39 is 38.9 Å². The molecule has 0 radical (unpaired) electrons. The lowest BCUT2D eigenvalue weighted by atomic mass is 10.2. The Labute approximate surface area is 106 Å². The van der Waals surface area contributed by atoms with Crippen LogP contribution in [0.2, 0.25) is 0 Å². The lowest BCUT2D eigenvalue weighted by Gasteiger charge is -2.31. The lowest BCUT2D eigenvalue weighted by molar-refractivity contribution is -0.129. The largest absolute Gasteiger partial charge is 0.364 e. The van der Waals surface area contributed by atoms with Crippen LogP contribution >= 0.6 is 0 Å². The van der Waals surface area contributed by atoms with Gasteiger partial charge in [-0.1, -0.05) is 27.0 Å². The topological polar surface area (TPSA) is 118 Å². The molecule has 8 heteroatoms. The normalized spacial score (nSPS) is 12.9. The van der Waals surface area contributed by atoms with Crippen molar-refractivity contribution in [2.75, 3.05) is 0 Å². The number of hydrogen-bond acceptors (Lipinski definition) is 4. The molecule has 0 aliphatic carbocycles. The van der Waals surface area contributed by atoms with E-state index in [1.54, 1.807) is 0 Å². The molecule has 0 aliphatic heterocycles. The van der Waals surface area contributed by atoms with E-state index in [1.807, 2.05) is 0 Å². The first kappa shape index (κ1) is 16.3. The second-order valence-electron chi connectivity index (χ2n) is 3.87. The summed E-state index contributed by atoms with van der Waals surface area (Å²) in [6, 6.07) is 0. The standard InChI is InChI=1S/C10H16N2O5S/c1-5-8(13)12(7(4)9(11)14)10(6(2)3)18(15,16)17/h5-6,10H,1,4H2,2-3H3,(H2,11,14)(H,15,16,17). The fourth-order valence-corrected chi connectivity index (χ4v) is 2.59. The summed E-state index contributed by atoms with van der Waals surface area (Å²) in [7, 11) is -4.61. The minimum absolute atomic E-state index is 0.523. The zero-order valence-electron chi connectivity index (χ0n) is 10.2. The van der Waals surface area contributed by atoms with Gasteiger partial charge in [-0.3, -0.25) is 19.0 Å². The van der Waals surface area contributed by atoms with E-state index in [-0.39, 0.29) is 0 Å². The number of hydrogen-bond donors (Lipinski definition) is 2. The SMILES string of the molecule is C=CC(=O)N(C(=C)C(N)=O)C(C(C)C)S(=O)(=O)O. The van der Waals surface area contributed by atoms with E-state index in [2.05, 4.69) is 13.2 Å². The minimum atomic E-state index is -4.61. The third-order valence-corrected chi connectivity index (χ3v) is 3.48. The fourth-order valence-electron chi connectivity index (χ4n) is 1.40. The summed E-state index contributed by atoms with van der Waals surface area (Å²) in [5.74, 6) is -2.64. The molecular formula is C10H16N2O5S. The summed E-state index contributed by atoms with van der Waals surface area (Å²) in [6.45, 7) is 9.34. The molecule has 0 heterocycles. The molecule has 0 spiro atoms. The van der Waals surface area contributed by atoms with Crippen LogP contribution < -0.4 is 5.73 Å². The number of nitrogens with zero attached hydrogens (tertiary/aromatic N) is 1. The van der Waals surface area contributed by atoms with Gasteiger partial charge < -0.3 is 5.73 Å². The average Bonchev–Trinajstić information content (AvgIpc) is 2.20. The van der Waals surface area contributed by atoms with Gasteiger partial charge in [-0.05, 0) is 12.0 Å². The van der Waals surface area contributed by atoms with Gasteiger partial charge in [0.2, 0.25) is 0 Å². The number of rotatable bonds is 6. The molecule has 0 aromatic heterocycles. The molecule has 1 unspecified atom stereocenters. The van der Waals surface area contributed by atoms with Crippen LogP contribution in [-0.4, -0.2) is 35.1 Å². The Morgan fingerprint density at radius 1 is 1.39 bits per heavy atom. The Kier molecular flexibility index (Phi) is 5.25. The van der Waals surface area contributed by atoms with Crippen molar-refractivity contribution in [2.45, 2.75) is 19.2 Å². The average molecular weight is 276 g/mol. The van der Waals surface area contributed by atoms with Crippen LogP contribution in [0.25, 0.3) is 0 Å². The molecule has 0 saturated heterocycles. The minimum Gasteiger partial charge on any atom is -0.364 e. The van der Waals surface area contributed by atoms with Crippen molar-refractivity contribution >= 4 is 21.9 Å². The van der Waals surface area contributed by atoms with Crippen LogP contribution in [0.1, 0.15) is 13.8 Å². The first-order valence-electron chi connectivity index (χ1n) is 4.94. The second-order valence-corrected chi connectivity index (χ2v) is 5.39. The van der Waals surface area contributed by atoms with Gasteiger partial charge >= 0.3 is 0 Å². The molecular weight excluding hydrogens is 260 g/mol. The van der Waals surface area contributed by atoms with E-state index in [0.29, 0.717) is 4.90 Å². The monoisotopic (exact) mass is 276 g/mol. The third-order valence-electron chi connectivity index (χ3n) is 2.12. The summed E-state index contributed by atoms with van der Waals surface area (Å²) in [4.78, 5) is 23.2. The highest BCUT2D eigenvalue weighted by atomic mass is 32.2. The number of amides is 2. The lowest BCUT2D eigenvalue weighted by Crippen LogP contribution is -2.48. The fraction of sp³-hybridized carbons (Fsp3) is 0.400. The van der Waals surface area contributed by atoms with Crippen molar-refractivity contribution in [1.82, 2.24) is 4.90 Å². The Morgan fingerprint density at radius 2 is 1.83 bits per heavy atom. The Balaban J connectivity index is 5.83. The van der Waals surface area contributed by atoms with Crippen LogP contribution in [-0.2, 0) is 19.7 Å². The molecule has 0 bridgehead atoms. The van der Waals surface area contributed by atoms with Crippen LogP contribution in [0, 0.1) is 5.92 Å². The van der Waals surface area contributed by atoms with E-state index >= 15 is 0 Å². The second kappa shape index (κ2) is 5.78. The highest BCUT2D eigenvalue weighted by molar-refractivity contribution is 7.86. The van der Waals surface area contributed by atoms with Crippen molar-refractivity contribution < 1.29 is 22.6 Å². The maximum atomic E-state index is 11.6. The quantitative estimate of drug-likeness (QED) is 0.517. The Hall–Kier alpha value is -1.67. The van der Waals surface area contributed by atoms with E-state index in [0.717, 1.165) is 6.08 Å². The smallest absolute Gasteiger partial charge is 0.287 e. The van der Waals surface area contributed by atoms with Crippen molar-refractivity contribution in [3.05, 3.63) is 24.9 Å². The molecule has 0 aliphatic rings. The number of primary amides is 1. The summed E-state index contributed by atoms with van der Waals surface area (Å²) in [6.07, 6.45) is 0.800. The van der Waals surface area contributed by atoms with E-state index in [4.69, 9.17) is 10.3 Å². The summed E-state index contributed by atoms with van der Waals surface area (Å²) >= 11 is 0. The zero-order chi connectivity index (χ0) is 14.7. The molecule has 0 aromatic rings. The van der Waals surface area contributed by atoms with E-state index in [1.165, 1.54) is 13.8 Å². The summed E-state index contributed by atoms with van der Waals surface area (Å²) in [5, 5.41) is -1.65. The number of carbonyl (C=O) groups is 2. The molecule has 3 N–H and O–H groups in total. The Bertz CT molecular complexity index is 480. The van der Waals surface area contributed by atoms with Gasteiger partial charge in [0.15, 0.2) is 5.37 Å². The van der Waals surface area contributed by atoms with Gasteiger partial charge in [-0.25, -0.2) is 0 Å². The number of carbonyl (C=O) groups excluding carboxylic acids is 2. The van der Waals surface area contributed by atoms with Crippen LogP contribution in [0.4, 0.5) is 0 Å². The number of nitrogens with two attached hydrogens (primary N) is 1. The van der Waals surface area contributed by atoms with Gasteiger partial charge in [0.1, 0.15) is 5.70 Å². The van der Waals surface area contributed by atoms with Crippen molar-refractivity contribution in [3.8, 4) is 0 Å². The van der Waals surface area contributed by atoms with E-state index in [9.17, 15) is 18.0 Å². The van der Waals surface area contributed by atoms with Gasteiger partial charge in [-0.2, -0.15) is 8.42 Å². The zero-order valence-corrected chi connectivity index (χ0v) is 11.0. The molecule has 0 rings (SSSR count). The van der Waals surface area contributed by atoms with Crippen LogP contribution in [0.3, 0.4) is 0 Å². The predicted molar refractivity (Wildman–Crippen MR) is 65.6 cm³/mol. The van der Waals surface area contributed by atoms with Gasteiger partial charge in [0.25, 0.3) is 21.9 Å². The summed E-state index contributed by atoms with van der Waals surface area (Å²) in [5.41, 5.74) is 4.44. The first-order valence-corrected chi connectivity index (χ1v) is 6.45. The summed E-state index contributed by atoms with van der Waals surface area (Å²) < 4.78 is 31.7. The maximum absolute atomic E-state index is 11.6. The third kappa shape index (κ3) is 3.67. The molecule has 18 heavy (non-hydrogen) atoms. The van der Waals surface area contributed by atoms with Gasteiger partial charge in [0.05, 0.1) is 0 Å². The molecule has 1 atom stereocenters. The predicted octanol–water partition coefficient (Wildman–Crippen LogP) is -0.130. The molecule has 0 fully saturated rings. The van der Waals surface area contributed by atoms with Crippen molar-refractivity contribution in [1.29, 1.82) is 0 Å². The molecule has 0 saturated carbocycles. The molecule has 0 aromatic carbocycles. The first-order chi connectivity index (χ1) is 8.03. The van der Waals surface area contributed by atoms with Crippen molar-refractivity contribution in [2.24, 2.45) is 11.7 Å². The molecule has 7 nitrogen and oxygen atoms in total. The molecule has 2 amide bonds. The van der Waals surface area contributed by atoms with Crippen molar-refractivity contribution in [3.63, 3.8) is 0 Å². The Morgan fingerprint density at radius 3 is 2.06 bits per heavy atom. The molecule has 102 valence electrons. The van der Waals surface area contributed by atoms with Crippen LogP contribution in [0.5, 0.6) is 0 Å². The van der Waals surface area contributed by atoms with Crippen LogP contribution in [0.15, 0.2) is 24.9 Å². The van der Waals surface area contributed by atoms with Gasteiger partial charge in [-0.15, -0.1) is 0 Å². The highest BCUT2D eigenvalue weighted by Gasteiger charge is 2.38.